The van der Waals surface area contributed by atoms with Crippen molar-refractivity contribution in [2.45, 2.75) is 56.9 Å². The molecule has 3 heteroatoms. The van der Waals surface area contributed by atoms with Crippen LogP contribution in [0.5, 0.6) is 0 Å². The van der Waals surface area contributed by atoms with E-state index in [1.165, 1.54) is 5.56 Å². The van der Waals surface area contributed by atoms with Crippen molar-refractivity contribution in [1.82, 2.24) is 5.32 Å². The van der Waals surface area contributed by atoms with E-state index >= 15 is 0 Å². The third-order valence-corrected chi connectivity index (χ3v) is 4.39. The third-order valence-electron chi connectivity index (χ3n) is 4.39. The molecule has 1 saturated carbocycles. The fraction of sp³-hybridized carbons (Fsp3) is 0.588. The zero-order valence-electron chi connectivity index (χ0n) is 12.6. The molecule has 0 saturated heterocycles. The van der Waals surface area contributed by atoms with Crippen LogP contribution in [0.15, 0.2) is 30.3 Å². The monoisotopic (exact) mass is 274 g/mol. The Hall–Kier alpha value is -1.35. The van der Waals surface area contributed by atoms with Gasteiger partial charge in [-0.05, 0) is 18.4 Å². The fourth-order valence-corrected chi connectivity index (χ4v) is 2.95. The Kier molecular flexibility index (Phi) is 4.48. The molecule has 0 atom stereocenters. The minimum atomic E-state index is -0.263. The average Bonchev–Trinajstić information content (AvgIpc) is 2.84. The number of carbonyl (C=O) groups excluding carboxylic acids is 1. The molecule has 0 unspecified atom stereocenters. The first-order chi connectivity index (χ1) is 9.41. The molecule has 1 aliphatic rings. The summed E-state index contributed by atoms with van der Waals surface area (Å²) in [5.74, 6) is 0.0819. The third kappa shape index (κ3) is 3.83. The summed E-state index contributed by atoms with van der Waals surface area (Å²) >= 11 is 0. The van der Waals surface area contributed by atoms with Crippen LogP contribution in [0.1, 0.15) is 51.5 Å². The molecule has 2 rings (SSSR count). The second-order valence-corrected chi connectivity index (χ2v) is 6.77. The van der Waals surface area contributed by atoms with Crippen LogP contribution in [0.3, 0.4) is 0 Å². The second-order valence-electron chi connectivity index (χ2n) is 6.77. The first-order valence-electron chi connectivity index (χ1n) is 7.52. The van der Waals surface area contributed by atoms with Crippen molar-refractivity contribution in [3.05, 3.63) is 35.9 Å². The molecule has 1 fully saturated rings. The molecule has 0 radical (unpaired) electrons. The largest absolute Gasteiger partial charge is 0.355 e. The average molecular weight is 274 g/mol. The minimum absolute atomic E-state index is 0.0612. The Labute approximate surface area is 121 Å². The number of rotatable bonds is 5. The maximum Gasteiger partial charge on any atom is 0.221 e. The summed E-state index contributed by atoms with van der Waals surface area (Å²) in [6.07, 6.45) is 4.71. The first kappa shape index (κ1) is 15.0. The van der Waals surface area contributed by atoms with Gasteiger partial charge in [0, 0.05) is 23.9 Å². The van der Waals surface area contributed by atoms with Crippen molar-refractivity contribution < 1.29 is 4.79 Å². The van der Waals surface area contributed by atoms with Gasteiger partial charge in [0.05, 0.1) is 0 Å². The summed E-state index contributed by atoms with van der Waals surface area (Å²) in [6.45, 7) is 4.94. The van der Waals surface area contributed by atoms with E-state index < -0.39 is 0 Å². The molecular weight excluding hydrogens is 248 g/mol. The van der Waals surface area contributed by atoms with Crippen molar-refractivity contribution in [2.24, 2.45) is 5.73 Å². The van der Waals surface area contributed by atoms with Crippen LogP contribution in [-0.4, -0.2) is 18.0 Å². The van der Waals surface area contributed by atoms with E-state index in [9.17, 15) is 4.79 Å². The predicted octanol–water partition coefficient (Wildman–Crippen LogP) is 2.74. The van der Waals surface area contributed by atoms with E-state index in [2.05, 4.69) is 31.3 Å². The smallest absolute Gasteiger partial charge is 0.221 e. The molecule has 20 heavy (non-hydrogen) atoms. The molecule has 1 aliphatic carbocycles. The van der Waals surface area contributed by atoms with Gasteiger partial charge in [-0.3, -0.25) is 4.79 Å². The molecule has 0 aromatic heterocycles. The first-order valence-corrected chi connectivity index (χ1v) is 7.52. The number of hydrogen-bond donors (Lipinski definition) is 2. The lowest BCUT2D eigenvalue weighted by Crippen LogP contribution is -2.44. The van der Waals surface area contributed by atoms with Crippen molar-refractivity contribution in [2.75, 3.05) is 6.54 Å². The van der Waals surface area contributed by atoms with Crippen LogP contribution < -0.4 is 11.1 Å². The fourth-order valence-electron chi connectivity index (χ4n) is 2.95. The summed E-state index contributed by atoms with van der Waals surface area (Å²) in [5.41, 5.74) is 7.16. The highest BCUT2D eigenvalue weighted by Gasteiger charge is 2.32. The molecule has 1 aromatic carbocycles. The van der Waals surface area contributed by atoms with E-state index in [-0.39, 0.29) is 16.9 Å². The number of nitrogens with one attached hydrogen (secondary N) is 1. The lowest BCUT2D eigenvalue weighted by Gasteiger charge is -2.27. The van der Waals surface area contributed by atoms with Crippen LogP contribution in [0, 0.1) is 0 Å². The van der Waals surface area contributed by atoms with Crippen molar-refractivity contribution in [3.63, 3.8) is 0 Å². The summed E-state index contributed by atoms with van der Waals surface area (Å²) in [4.78, 5) is 12.1. The SMILES string of the molecule is CC(C)(CNC(=O)CC1(N)CCCC1)c1ccccc1. The highest BCUT2D eigenvalue weighted by atomic mass is 16.1. The zero-order chi connectivity index (χ0) is 14.6. The Morgan fingerprint density at radius 3 is 2.45 bits per heavy atom. The van der Waals surface area contributed by atoms with Gasteiger partial charge in [0.25, 0.3) is 0 Å². The molecule has 3 N–H and O–H groups in total. The summed E-state index contributed by atoms with van der Waals surface area (Å²) in [7, 11) is 0. The lowest BCUT2D eigenvalue weighted by atomic mass is 9.84. The van der Waals surface area contributed by atoms with Crippen molar-refractivity contribution >= 4 is 5.91 Å². The van der Waals surface area contributed by atoms with Crippen molar-refractivity contribution in [3.8, 4) is 0 Å². The van der Waals surface area contributed by atoms with Crippen LogP contribution in [0.2, 0.25) is 0 Å². The quantitative estimate of drug-likeness (QED) is 0.867. The van der Waals surface area contributed by atoms with Gasteiger partial charge in [-0.1, -0.05) is 57.0 Å². The van der Waals surface area contributed by atoms with E-state index in [0.717, 1.165) is 25.7 Å². The topological polar surface area (TPSA) is 55.1 Å². The maximum absolute atomic E-state index is 12.1. The van der Waals surface area contributed by atoms with Gasteiger partial charge in [0.15, 0.2) is 0 Å². The van der Waals surface area contributed by atoms with Crippen LogP contribution >= 0.6 is 0 Å². The van der Waals surface area contributed by atoms with Gasteiger partial charge in [0.2, 0.25) is 5.91 Å². The van der Waals surface area contributed by atoms with Crippen LogP contribution in [-0.2, 0) is 10.2 Å². The van der Waals surface area contributed by atoms with Gasteiger partial charge in [-0.2, -0.15) is 0 Å². The summed E-state index contributed by atoms with van der Waals surface area (Å²) < 4.78 is 0. The Morgan fingerprint density at radius 2 is 1.85 bits per heavy atom. The highest BCUT2D eigenvalue weighted by molar-refractivity contribution is 5.77. The standard InChI is InChI=1S/C17H26N2O/c1-16(2,14-8-4-3-5-9-14)13-19-15(20)12-17(18)10-6-7-11-17/h3-5,8-9H,6-7,10-13,18H2,1-2H3,(H,19,20). The minimum Gasteiger partial charge on any atom is -0.355 e. The number of carbonyl (C=O) groups is 1. The van der Waals surface area contributed by atoms with Gasteiger partial charge in [0.1, 0.15) is 0 Å². The van der Waals surface area contributed by atoms with E-state index in [0.29, 0.717) is 13.0 Å². The Bertz CT molecular complexity index is 447. The van der Waals surface area contributed by atoms with Crippen LogP contribution in [0.25, 0.3) is 0 Å². The molecule has 1 amide bonds. The Morgan fingerprint density at radius 1 is 1.25 bits per heavy atom. The normalized spacial score (nSPS) is 17.9. The van der Waals surface area contributed by atoms with Gasteiger partial charge < -0.3 is 11.1 Å². The van der Waals surface area contributed by atoms with E-state index in [1.54, 1.807) is 0 Å². The van der Waals surface area contributed by atoms with Gasteiger partial charge in [-0.25, -0.2) is 0 Å². The number of benzene rings is 1. The number of nitrogens with two attached hydrogens (primary N) is 1. The molecule has 1 aromatic rings. The maximum atomic E-state index is 12.1. The summed E-state index contributed by atoms with van der Waals surface area (Å²) in [5, 5.41) is 3.05. The highest BCUT2D eigenvalue weighted by Crippen LogP contribution is 2.30. The predicted molar refractivity (Wildman–Crippen MR) is 82.5 cm³/mol. The molecule has 0 aliphatic heterocycles. The zero-order valence-corrected chi connectivity index (χ0v) is 12.6. The molecule has 0 bridgehead atoms. The van der Waals surface area contributed by atoms with E-state index in [4.69, 9.17) is 5.73 Å². The second kappa shape index (κ2) is 5.96. The number of amides is 1. The molecule has 3 nitrogen and oxygen atoms in total. The number of hydrogen-bond acceptors (Lipinski definition) is 2. The molecular formula is C17H26N2O. The molecule has 0 heterocycles. The van der Waals surface area contributed by atoms with Crippen LogP contribution in [0.4, 0.5) is 0 Å². The summed E-state index contributed by atoms with van der Waals surface area (Å²) in [6, 6.07) is 10.3. The molecule has 0 spiro atoms. The molecule has 110 valence electrons. The van der Waals surface area contributed by atoms with Crippen molar-refractivity contribution in [1.29, 1.82) is 0 Å². The lowest BCUT2D eigenvalue weighted by molar-refractivity contribution is -0.122. The Balaban J connectivity index is 1.86. The van der Waals surface area contributed by atoms with Gasteiger partial charge >= 0.3 is 0 Å². The van der Waals surface area contributed by atoms with E-state index in [1.807, 2.05) is 18.2 Å². The van der Waals surface area contributed by atoms with Gasteiger partial charge in [-0.15, -0.1) is 0 Å².